The molecule has 0 bridgehead atoms. The van der Waals surface area contributed by atoms with Gasteiger partial charge in [-0.2, -0.15) is 0 Å². The Kier molecular flexibility index (Phi) is 4.01. The molecule has 3 nitrogen and oxygen atoms in total. The van der Waals surface area contributed by atoms with Crippen molar-refractivity contribution in [3.05, 3.63) is 24.9 Å². The Hall–Kier alpha value is -0.800. The Bertz CT molecular complexity index is 539. The standard InChI is InChI=1S/C22H35N3/c1-3-19(17-7-4-5-8-17)24-12-6-11-22(13-24)14-25(15-22)16(2)20-21(23-20)18-9-10-18/h3,17-21,23H,1-2,4-15H2. The minimum Gasteiger partial charge on any atom is -0.373 e. The number of likely N-dealkylation sites (tertiary alicyclic amines) is 2. The van der Waals surface area contributed by atoms with Gasteiger partial charge in [0.2, 0.25) is 0 Å². The summed E-state index contributed by atoms with van der Waals surface area (Å²) in [6, 6.07) is 1.99. The third-order valence-electron chi connectivity index (χ3n) is 7.81. The molecule has 3 saturated heterocycles. The van der Waals surface area contributed by atoms with Gasteiger partial charge in [-0.15, -0.1) is 6.58 Å². The van der Waals surface area contributed by atoms with Crippen molar-refractivity contribution < 1.29 is 0 Å². The second kappa shape index (κ2) is 6.13. The number of hydrogen-bond acceptors (Lipinski definition) is 3. The first-order valence-electron chi connectivity index (χ1n) is 10.8. The highest BCUT2D eigenvalue weighted by Gasteiger charge is 2.53. The van der Waals surface area contributed by atoms with Crippen molar-refractivity contribution >= 4 is 0 Å². The molecule has 0 radical (unpaired) electrons. The zero-order valence-electron chi connectivity index (χ0n) is 15.8. The van der Waals surface area contributed by atoms with Gasteiger partial charge in [0.25, 0.3) is 0 Å². The van der Waals surface area contributed by atoms with Crippen LogP contribution in [0.3, 0.4) is 0 Å². The average Bonchev–Trinajstić information content (AvgIpc) is 3.50. The van der Waals surface area contributed by atoms with Gasteiger partial charge in [0.15, 0.2) is 0 Å². The van der Waals surface area contributed by atoms with Crippen LogP contribution in [0.1, 0.15) is 51.4 Å². The largest absolute Gasteiger partial charge is 0.373 e. The van der Waals surface area contributed by atoms with E-state index in [-0.39, 0.29) is 0 Å². The van der Waals surface area contributed by atoms with E-state index in [4.69, 9.17) is 0 Å². The van der Waals surface area contributed by atoms with Crippen LogP contribution in [-0.2, 0) is 0 Å². The number of hydrogen-bond donors (Lipinski definition) is 1. The summed E-state index contributed by atoms with van der Waals surface area (Å²) in [5.74, 6) is 1.83. The third kappa shape index (κ3) is 2.98. The van der Waals surface area contributed by atoms with E-state index in [0.29, 0.717) is 17.5 Å². The molecule has 0 amide bonds. The van der Waals surface area contributed by atoms with Crippen molar-refractivity contribution in [2.45, 2.75) is 69.5 Å². The molecule has 25 heavy (non-hydrogen) atoms. The first-order chi connectivity index (χ1) is 12.2. The lowest BCUT2D eigenvalue weighted by Gasteiger charge is -2.57. The number of piperidine rings is 1. The van der Waals surface area contributed by atoms with E-state index in [0.717, 1.165) is 17.9 Å². The SMILES string of the molecule is C=CC(C1CCCC1)N1CCCC2(CN(C(=C)C3NC3C3CC3)C2)C1. The van der Waals surface area contributed by atoms with Gasteiger partial charge in [0.05, 0.1) is 6.04 Å². The predicted molar refractivity (Wildman–Crippen MR) is 103 cm³/mol. The van der Waals surface area contributed by atoms with Crippen LogP contribution in [0.4, 0.5) is 0 Å². The highest BCUT2D eigenvalue weighted by atomic mass is 15.3. The van der Waals surface area contributed by atoms with E-state index in [1.165, 1.54) is 83.2 Å². The van der Waals surface area contributed by atoms with E-state index < -0.39 is 0 Å². The summed E-state index contributed by atoms with van der Waals surface area (Å²) in [6.45, 7) is 13.7. The fraction of sp³-hybridized carbons (Fsp3) is 0.818. The molecule has 5 rings (SSSR count). The quantitative estimate of drug-likeness (QED) is 0.593. The minimum absolute atomic E-state index is 0.533. The minimum atomic E-state index is 0.533. The van der Waals surface area contributed by atoms with Gasteiger partial charge in [-0.1, -0.05) is 25.5 Å². The van der Waals surface area contributed by atoms with E-state index in [1.807, 2.05) is 0 Å². The van der Waals surface area contributed by atoms with E-state index in [2.05, 4.69) is 34.4 Å². The maximum Gasteiger partial charge on any atom is 0.0627 e. The van der Waals surface area contributed by atoms with Crippen molar-refractivity contribution in [3.8, 4) is 0 Å². The predicted octanol–water partition coefficient (Wildman–Crippen LogP) is 3.39. The molecular formula is C22H35N3. The Morgan fingerprint density at radius 1 is 1.08 bits per heavy atom. The molecule has 5 fully saturated rings. The highest BCUT2D eigenvalue weighted by Crippen LogP contribution is 2.46. The topological polar surface area (TPSA) is 28.4 Å². The fourth-order valence-corrected chi connectivity index (χ4v) is 6.18. The highest BCUT2D eigenvalue weighted by molar-refractivity contribution is 5.25. The van der Waals surface area contributed by atoms with Crippen LogP contribution >= 0.6 is 0 Å². The van der Waals surface area contributed by atoms with Crippen LogP contribution < -0.4 is 5.32 Å². The number of rotatable bonds is 6. The fourth-order valence-electron chi connectivity index (χ4n) is 6.18. The number of nitrogens with zero attached hydrogens (tertiary/aromatic N) is 2. The molecule has 2 saturated carbocycles. The zero-order chi connectivity index (χ0) is 17.0. The maximum absolute atomic E-state index is 4.44. The van der Waals surface area contributed by atoms with Crippen LogP contribution in [0, 0.1) is 17.3 Å². The van der Waals surface area contributed by atoms with E-state index in [9.17, 15) is 0 Å². The molecule has 3 heteroatoms. The van der Waals surface area contributed by atoms with Crippen LogP contribution in [0.5, 0.6) is 0 Å². The summed E-state index contributed by atoms with van der Waals surface area (Å²) in [7, 11) is 0. The molecule has 138 valence electrons. The molecule has 3 heterocycles. The van der Waals surface area contributed by atoms with Gasteiger partial charge in [0.1, 0.15) is 0 Å². The monoisotopic (exact) mass is 341 g/mol. The lowest BCUT2D eigenvalue weighted by atomic mass is 9.72. The van der Waals surface area contributed by atoms with Crippen molar-refractivity contribution in [2.75, 3.05) is 26.2 Å². The molecule has 0 aromatic heterocycles. The van der Waals surface area contributed by atoms with Crippen molar-refractivity contribution in [3.63, 3.8) is 0 Å². The normalized spacial score (nSPS) is 36.2. The first kappa shape index (κ1) is 16.4. The van der Waals surface area contributed by atoms with Gasteiger partial charge in [-0.25, -0.2) is 0 Å². The van der Waals surface area contributed by atoms with Crippen molar-refractivity contribution in [1.82, 2.24) is 15.1 Å². The average molecular weight is 342 g/mol. The van der Waals surface area contributed by atoms with Gasteiger partial charge in [-0.3, -0.25) is 4.90 Å². The summed E-state index contributed by atoms with van der Waals surface area (Å²) in [5, 5.41) is 3.68. The molecule has 0 aromatic carbocycles. The van der Waals surface area contributed by atoms with Crippen LogP contribution in [-0.4, -0.2) is 54.1 Å². The molecule has 1 N–H and O–H groups in total. The third-order valence-corrected chi connectivity index (χ3v) is 7.81. The Labute approximate surface area is 153 Å². The second-order valence-corrected chi connectivity index (χ2v) is 9.70. The molecule has 2 aliphatic carbocycles. The molecule has 5 aliphatic rings. The van der Waals surface area contributed by atoms with Gasteiger partial charge < -0.3 is 10.2 Å². The molecule has 1 spiro atoms. The maximum atomic E-state index is 4.44. The first-order valence-corrected chi connectivity index (χ1v) is 10.8. The Morgan fingerprint density at radius 2 is 1.84 bits per heavy atom. The van der Waals surface area contributed by atoms with Gasteiger partial charge >= 0.3 is 0 Å². The van der Waals surface area contributed by atoms with Crippen LogP contribution in [0.15, 0.2) is 24.9 Å². The van der Waals surface area contributed by atoms with Crippen molar-refractivity contribution in [2.24, 2.45) is 17.3 Å². The Morgan fingerprint density at radius 3 is 2.52 bits per heavy atom. The lowest BCUT2D eigenvalue weighted by Crippen LogP contribution is -2.64. The summed E-state index contributed by atoms with van der Waals surface area (Å²) in [5.41, 5.74) is 1.92. The number of nitrogens with one attached hydrogen (secondary N) is 1. The summed E-state index contributed by atoms with van der Waals surface area (Å²) in [4.78, 5) is 5.37. The van der Waals surface area contributed by atoms with E-state index >= 15 is 0 Å². The van der Waals surface area contributed by atoms with Crippen molar-refractivity contribution in [1.29, 1.82) is 0 Å². The molecule has 0 aromatic rings. The molecule has 3 unspecified atom stereocenters. The Balaban J connectivity index is 1.17. The zero-order valence-corrected chi connectivity index (χ0v) is 15.8. The lowest BCUT2D eigenvalue weighted by molar-refractivity contribution is -0.0492. The molecular weight excluding hydrogens is 306 g/mol. The van der Waals surface area contributed by atoms with E-state index in [1.54, 1.807) is 0 Å². The second-order valence-electron chi connectivity index (χ2n) is 9.70. The molecule has 3 aliphatic heterocycles. The van der Waals surface area contributed by atoms with Crippen LogP contribution in [0.25, 0.3) is 0 Å². The summed E-state index contributed by atoms with van der Waals surface area (Å²) < 4.78 is 0. The summed E-state index contributed by atoms with van der Waals surface area (Å²) in [6.07, 6.45) is 13.6. The smallest absolute Gasteiger partial charge is 0.0627 e. The van der Waals surface area contributed by atoms with Gasteiger partial charge in [-0.05, 0) is 56.9 Å². The van der Waals surface area contributed by atoms with Gasteiger partial charge in [0, 0.05) is 42.8 Å². The van der Waals surface area contributed by atoms with Crippen LogP contribution in [0.2, 0.25) is 0 Å². The summed E-state index contributed by atoms with van der Waals surface area (Å²) >= 11 is 0. The molecule has 3 atom stereocenters.